The third kappa shape index (κ3) is 2.85. The molecule has 0 heterocycles. The van der Waals surface area contributed by atoms with Crippen LogP contribution in [0.25, 0.3) is 0 Å². The molecule has 4 heteroatoms. The van der Waals surface area contributed by atoms with Crippen molar-refractivity contribution >= 4 is 15.9 Å². The van der Waals surface area contributed by atoms with Crippen LogP contribution in [0.2, 0.25) is 0 Å². The second-order valence-corrected chi connectivity index (χ2v) is 5.62. The molecule has 0 radical (unpaired) electrons. The highest BCUT2D eigenvalue weighted by Gasteiger charge is 2.14. The second-order valence-electron chi connectivity index (χ2n) is 4.76. The third-order valence-electron chi connectivity index (χ3n) is 3.37. The summed E-state index contributed by atoms with van der Waals surface area (Å²) in [6.07, 6.45) is 0. The zero-order chi connectivity index (χ0) is 14.9. The Bertz CT molecular complexity index is 596. The predicted octanol–water partition coefficient (Wildman–Crippen LogP) is 5.23. The van der Waals surface area contributed by atoms with Gasteiger partial charge in [-0.2, -0.15) is 0 Å². The fraction of sp³-hybridized carbons (Fsp3) is 0.250. The molecule has 2 aromatic carbocycles. The molecule has 0 atom stereocenters. The standard InChI is InChI=1S/C16H15BrF2O/c1-9-4-5-10(2)16(11(9)3)20-8-12-14(18)7-6-13(17)15(12)19/h4-7H,8H2,1-3H3. The average molecular weight is 341 g/mol. The van der Waals surface area contributed by atoms with Gasteiger partial charge in [-0.05, 0) is 65.5 Å². The van der Waals surface area contributed by atoms with Gasteiger partial charge in [0, 0.05) is 0 Å². The number of ether oxygens (including phenoxy) is 1. The largest absolute Gasteiger partial charge is 0.488 e. The minimum absolute atomic E-state index is 0.0697. The van der Waals surface area contributed by atoms with Crippen molar-refractivity contribution in [1.82, 2.24) is 0 Å². The van der Waals surface area contributed by atoms with Gasteiger partial charge in [0.15, 0.2) is 0 Å². The average Bonchev–Trinajstić information content (AvgIpc) is 2.42. The first-order chi connectivity index (χ1) is 9.41. The van der Waals surface area contributed by atoms with Crippen LogP contribution in [0.15, 0.2) is 28.7 Å². The van der Waals surface area contributed by atoms with E-state index >= 15 is 0 Å². The minimum Gasteiger partial charge on any atom is -0.488 e. The van der Waals surface area contributed by atoms with Gasteiger partial charge in [0.25, 0.3) is 0 Å². The maximum absolute atomic E-state index is 13.9. The minimum atomic E-state index is -0.618. The highest BCUT2D eigenvalue weighted by Crippen LogP contribution is 2.28. The molecular formula is C16H15BrF2O. The van der Waals surface area contributed by atoms with Gasteiger partial charge in [-0.25, -0.2) is 8.78 Å². The van der Waals surface area contributed by atoms with Crippen LogP contribution in [0, 0.1) is 32.4 Å². The Morgan fingerprint density at radius 2 is 1.65 bits per heavy atom. The van der Waals surface area contributed by atoms with Crippen LogP contribution in [0.4, 0.5) is 8.78 Å². The van der Waals surface area contributed by atoms with Crippen molar-refractivity contribution in [2.45, 2.75) is 27.4 Å². The molecule has 0 saturated carbocycles. The van der Waals surface area contributed by atoms with Crippen LogP contribution in [0.5, 0.6) is 5.75 Å². The third-order valence-corrected chi connectivity index (χ3v) is 3.99. The van der Waals surface area contributed by atoms with Crippen LogP contribution in [0.3, 0.4) is 0 Å². The van der Waals surface area contributed by atoms with Gasteiger partial charge >= 0.3 is 0 Å². The first-order valence-corrected chi connectivity index (χ1v) is 7.03. The Hall–Kier alpha value is -1.42. The smallest absolute Gasteiger partial charge is 0.146 e. The predicted molar refractivity (Wildman–Crippen MR) is 79.0 cm³/mol. The Kier molecular flexibility index (Phi) is 4.43. The maximum Gasteiger partial charge on any atom is 0.146 e. The summed E-state index contributed by atoms with van der Waals surface area (Å²) in [4.78, 5) is 0. The van der Waals surface area contributed by atoms with Crippen LogP contribution in [0.1, 0.15) is 22.3 Å². The molecule has 1 nitrogen and oxygen atoms in total. The number of hydrogen-bond donors (Lipinski definition) is 0. The molecule has 0 aromatic heterocycles. The molecule has 0 amide bonds. The normalized spacial score (nSPS) is 10.7. The molecule has 2 rings (SSSR count). The summed E-state index contributed by atoms with van der Waals surface area (Å²) < 4.78 is 33.4. The van der Waals surface area contributed by atoms with E-state index in [2.05, 4.69) is 15.9 Å². The lowest BCUT2D eigenvalue weighted by Gasteiger charge is -2.15. The lowest BCUT2D eigenvalue weighted by molar-refractivity contribution is 0.288. The Labute approximate surface area is 125 Å². The van der Waals surface area contributed by atoms with E-state index in [0.29, 0.717) is 5.75 Å². The summed E-state index contributed by atoms with van der Waals surface area (Å²) >= 11 is 3.05. The van der Waals surface area contributed by atoms with Crippen LogP contribution in [-0.4, -0.2) is 0 Å². The second kappa shape index (κ2) is 5.92. The molecular weight excluding hydrogens is 326 g/mol. The molecule has 0 aliphatic carbocycles. The number of rotatable bonds is 3. The molecule has 0 aliphatic heterocycles. The van der Waals surface area contributed by atoms with Gasteiger partial charge in [-0.15, -0.1) is 0 Å². The Morgan fingerprint density at radius 1 is 1.00 bits per heavy atom. The van der Waals surface area contributed by atoms with Crippen molar-refractivity contribution in [3.05, 3.63) is 62.6 Å². The van der Waals surface area contributed by atoms with E-state index in [9.17, 15) is 8.78 Å². The number of aryl methyl sites for hydroxylation is 2. The summed E-state index contributed by atoms with van der Waals surface area (Å²) in [6.45, 7) is 5.69. The number of benzene rings is 2. The van der Waals surface area contributed by atoms with Gasteiger partial charge in [-0.1, -0.05) is 12.1 Å². The fourth-order valence-electron chi connectivity index (χ4n) is 1.99. The number of halogens is 3. The molecule has 0 fully saturated rings. The molecule has 2 aromatic rings. The van der Waals surface area contributed by atoms with E-state index in [4.69, 9.17) is 4.74 Å². The van der Waals surface area contributed by atoms with E-state index in [-0.39, 0.29) is 16.6 Å². The summed E-state index contributed by atoms with van der Waals surface area (Å²) in [5.41, 5.74) is 2.95. The van der Waals surface area contributed by atoms with Gasteiger partial charge in [0.05, 0.1) is 10.0 Å². The molecule has 0 unspecified atom stereocenters. The highest BCUT2D eigenvalue weighted by molar-refractivity contribution is 9.10. The first-order valence-electron chi connectivity index (χ1n) is 6.23. The fourth-order valence-corrected chi connectivity index (χ4v) is 2.36. The van der Waals surface area contributed by atoms with E-state index in [1.54, 1.807) is 0 Å². The first kappa shape index (κ1) is 15.0. The monoisotopic (exact) mass is 340 g/mol. The van der Waals surface area contributed by atoms with E-state index in [0.717, 1.165) is 16.7 Å². The van der Waals surface area contributed by atoms with Crippen molar-refractivity contribution in [3.8, 4) is 5.75 Å². The molecule has 0 saturated heterocycles. The lowest BCUT2D eigenvalue weighted by Crippen LogP contribution is -2.05. The van der Waals surface area contributed by atoms with Crippen LogP contribution < -0.4 is 4.74 Å². The Balaban J connectivity index is 2.31. The summed E-state index contributed by atoms with van der Waals surface area (Å²) in [5.74, 6) is -0.537. The zero-order valence-corrected chi connectivity index (χ0v) is 13.1. The van der Waals surface area contributed by atoms with Crippen molar-refractivity contribution in [2.24, 2.45) is 0 Å². The lowest BCUT2D eigenvalue weighted by atomic mass is 10.1. The van der Waals surface area contributed by atoms with Gasteiger partial charge in [0.2, 0.25) is 0 Å². The zero-order valence-electron chi connectivity index (χ0n) is 11.6. The summed E-state index contributed by atoms with van der Waals surface area (Å²) in [5, 5.41) is 0. The number of hydrogen-bond acceptors (Lipinski definition) is 1. The summed E-state index contributed by atoms with van der Waals surface area (Å²) in [7, 11) is 0. The molecule has 0 aliphatic rings. The van der Waals surface area contributed by atoms with E-state index < -0.39 is 11.6 Å². The van der Waals surface area contributed by atoms with Crippen molar-refractivity contribution in [1.29, 1.82) is 0 Å². The quantitative estimate of drug-likeness (QED) is 0.695. The highest BCUT2D eigenvalue weighted by atomic mass is 79.9. The van der Waals surface area contributed by atoms with Gasteiger partial charge < -0.3 is 4.74 Å². The van der Waals surface area contributed by atoms with Gasteiger partial charge in [0.1, 0.15) is 24.0 Å². The topological polar surface area (TPSA) is 9.23 Å². The maximum atomic E-state index is 13.9. The molecule has 0 spiro atoms. The molecule has 0 bridgehead atoms. The molecule has 0 N–H and O–H groups in total. The van der Waals surface area contributed by atoms with Crippen molar-refractivity contribution in [2.75, 3.05) is 0 Å². The van der Waals surface area contributed by atoms with Gasteiger partial charge in [-0.3, -0.25) is 0 Å². The van der Waals surface area contributed by atoms with Crippen molar-refractivity contribution < 1.29 is 13.5 Å². The van der Waals surface area contributed by atoms with E-state index in [1.165, 1.54) is 12.1 Å². The summed E-state index contributed by atoms with van der Waals surface area (Å²) in [6, 6.07) is 6.50. The SMILES string of the molecule is Cc1ccc(C)c(OCc2c(F)ccc(Br)c2F)c1C. The Morgan fingerprint density at radius 3 is 2.35 bits per heavy atom. The van der Waals surface area contributed by atoms with Crippen molar-refractivity contribution in [3.63, 3.8) is 0 Å². The van der Waals surface area contributed by atoms with Crippen LogP contribution >= 0.6 is 15.9 Å². The van der Waals surface area contributed by atoms with E-state index in [1.807, 2.05) is 32.9 Å². The van der Waals surface area contributed by atoms with Crippen LogP contribution in [-0.2, 0) is 6.61 Å². The molecule has 106 valence electrons. The molecule has 20 heavy (non-hydrogen) atoms.